The van der Waals surface area contributed by atoms with Crippen molar-refractivity contribution in [1.29, 1.82) is 0 Å². The molecule has 0 amide bonds. The number of nitrogens with zero attached hydrogens (tertiary/aromatic N) is 4. The Labute approximate surface area is 278 Å². The van der Waals surface area contributed by atoms with Crippen molar-refractivity contribution < 1.29 is 26.9 Å². The molecular weight excluding hydrogens is 751 g/mol. The molecule has 0 radical (unpaired) electrons. The number of aromatic nitrogens is 4. The number of benzene rings is 1. The summed E-state index contributed by atoms with van der Waals surface area (Å²) in [5.41, 5.74) is 0.823. The van der Waals surface area contributed by atoms with E-state index >= 15 is 0 Å². The first-order valence-corrected chi connectivity index (χ1v) is 20.6. The van der Waals surface area contributed by atoms with E-state index in [0.29, 0.717) is 40.9 Å². The molecule has 3 fully saturated rings. The van der Waals surface area contributed by atoms with E-state index in [1.54, 1.807) is 18.2 Å². The highest BCUT2D eigenvalue weighted by atomic mass is 127. The van der Waals surface area contributed by atoms with Crippen LogP contribution in [0.5, 0.6) is 0 Å². The zero-order valence-corrected chi connectivity index (χ0v) is 28.9. The third-order valence-electron chi connectivity index (χ3n) is 8.39. The van der Waals surface area contributed by atoms with Gasteiger partial charge in [0, 0.05) is 11.4 Å². The molecule has 4 aromatic heterocycles. The van der Waals surface area contributed by atoms with E-state index in [4.69, 9.17) is 19.3 Å². The Morgan fingerprint density at radius 2 is 1.91 bits per heavy atom. The zero-order chi connectivity index (χ0) is 31.6. The summed E-state index contributed by atoms with van der Waals surface area (Å²) in [7, 11) is -2.80. The molecule has 236 valence electrons. The highest BCUT2D eigenvalue weighted by Crippen LogP contribution is 2.44. The Hall–Kier alpha value is -2.78. The van der Waals surface area contributed by atoms with Crippen LogP contribution in [0.1, 0.15) is 37.8 Å². The van der Waals surface area contributed by atoms with Gasteiger partial charge in [-0.2, -0.15) is 0 Å². The van der Waals surface area contributed by atoms with Gasteiger partial charge in [-0.3, -0.25) is 4.79 Å². The molecule has 2 bridgehead atoms. The Kier molecular flexibility index (Phi) is 9.95. The van der Waals surface area contributed by atoms with Gasteiger partial charge in [0.15, 0.2) is 11.5 Å². The van der Waals surface area contributed by atoms with E-state index in [1.165, 1.54) is 66.3 Å². The van der Waals surface area contributed by atoms with Crippen LogP contribution in [0, 0.1) is 17.7 Å². The number of rotatable bonds is 9. The maximum atomic E-state index is 14.7. The van der Waals surface area contributed by atoms with E-state index in [0.717, 1.165) is 34.6 Å². The molecule has 4 heterocycles. The standard InChI is InChI=1S/C28H26FIN5O3PS2.C2H4O2/c29-18-13-21-24(23(15-38-39-30)35(27(21)31-14-18)41(36,37)19-4-2-1-3-5-19)26-33-25(20-10-11-40-28(20)34-26)32-22-12-16-6-8-17(22)9-7-16;1-4-2-3/h1-5,10-11,13-14,16-17,22,39H,6-9,12,15H2,(H,32,33,34);2H,1H3. The second kappa shape index (κ2) is 13.9. The average Bonchev–Trinajstić information content (AvgIpc) is 3.67. The average molecular weight is 782 g/mol. The van der Waals surface area contributed by atoms with Crippen LogP contribution in [-0.2, 0) is 30.7 Å². The molecule has 1 aromatic carbocycles. The molecule has 45 heavy (non-hydrogen) atoms. The first-order valence-electron chi connectivity index (χ1n) is 14.3. The number of ether oxygens (including phenoxy) is 1. The van der Waals surface area contributed by atoms with Crippen molar-refractivity contribution in [3.05, 3.63) is 65.6 Å². The maximum Gasteiger partial charge on any atom is 0.292 e. The number of anilines is 1. The lowest BCUT2D eigenvalue weighted by molar-refractivity contribution is -0.126. The van der Waals surface area contributed by atoms with Gasteiger partial charge in [0.2, 0.25) is 0 Å². The Morgan fingerprint density at radius 1 is 1.16 bits per heavy atom. The van der Waals surface area contributed by atoms with Gasteiger partial charge in [-0.15, -0.1) is 11.3 Å². The van der Waals surface area contributed by atoms with Crippen LogP contribution in [0.2, 0.25) is 0 Å². The van der Waals surface area contributed by atoms with Gasteiger partial charge in [-0.1, -0.05) is 31.0 Å². The van der Waals surface area contributed by atoms with Crippen molar-refractivity contribution in [3.63, 3.8) is 0 Å². The molecule has 3 aliphatic carbocycles. The minimum Gasteiger partial charge on any atom is -0.471 e. The predicted octanol–water partition coefficient (Wildman–Crippen LogP) is 7.32. The number of methoxy groups -OCH3 is 1. The fraction of sp³-hybridized carbons (Fsp3) is 0.333. The number of hydrogen-bond donors (Lipinski definition) is 1. The number of carbonyl (C=O) groups excluding carboxylic acids is 1. The van der Waals surface area contributed by atoms with Crippen LogP contribution < -0.4 is 5.32 Å². The summed E-state index contributed by atoms with van der Waals surface area (Å²) in [6.07, 6.45) is 7.18. The van der Waals surface area contributed by atoms with Gasteiger partial charge >= 0.3 is 0 Å². The van der Waals surface area contributed by atoms with Gasteiger partial charge in [-0.25, -0.2) is 31.7 Å². The topological polar surface area (TPSA) is 125 Å². The lowest BCUT2D eigenvalue weighted by Gasteiger charge is -2.42. The molecule has 8 rings (SSSR count). The lowest BCUT2D eigenvalue weighted by Crippen LogP contribution is -2.40. The fourth-order valence-corrected chi connectivity index (χ4v) is 9.34. The number of carbonyl (C=O) groups is 1. The third kappa shape index (κ3) is 6.44. The summed E-state index contributed by atoms with van der Waals surface area (Å²) < 4.78 is 53.7. The Morgan fingerprint density at radius 3 is 2.58 bits per heavy atom. The van der Waals surface area contributed by atoms with E-state index in [1.807, 2.05) is 11.4 Å². The van der Waals surface area contributed by atoms with E-state index in [-0.39, 0.29) is 23.6 Å². The SMILES string of the molecule is COC=O.O=S(=O)(c1ccccc1)n1c(COPI)c(-c2nc(NC3CC4CCC3CC4)c3ccsc3n2)c2cc(F)cnc21. The largest absolute Gasteiger partial charge is 0.471 e. The van der Waals surface area contributed by atoms with Crippen molar-refractivity contribution >= 4 is 83.4 Å². The second-order valence-electron chi connectivity index (χ2n) is 10.9. The van der Waals surface area contributed by atoms with Crippen LogP contribution in [0.3, 0.4) is 0 Å². The summed E-state index contributed by atoms with van der Waals surface area (Å²) in [6.45, 7) is 0.411. The van der Waals surface area contributed by atoms with Crippen LogP contribution >= 0.6 is 39.8 Å². The summed E-state index contributed by atoms with van der Waals surface area (Å²) in [5, 5.41) is 6.97. The molecule has 5 aromatic rings. The number of nitrogens with one attached hydrogen (secondary N) is 1. The van der Waals surface area contributed by atoms with Crippen molar-refractivity contribution in [1.82, 2.24) is 18.9 Å². The molecule has 15 heteroatoms. The summed E-state index contributed by atoms with van der Waals surface area (Å²) >= 11 is 3.59. The van der Waals surface area contributed by atoms with E-state index in [2.05, 4.69) is 37.1 Å². The Bertz CT molecular complexity index is 1930. The molecule has 3 saturated carbocycles. The van der Waals surface area contributed by atoms with Gasteiger partial charge < -0.3 is 14.6 Å². The third-order valence-corrected chi connectivity index (χ3v) is 12.1. The lowest BCUT2D eigenvalue weighted by atomic mass is 9.68. The highest BCUT2D eigenvalue weighted by molar-refractivity contribution is 14.2. The zero-order valence-electron chi connectivity index (χ0n) is 24.2. The first-order chi connectivity index (χ1) is 21.8. The second-order valence-corrected chi connectivity index (χ2v) is 15.4. The quantitative estimate of drug-likeness (QED) is 0.0931. The van der Waals surface area contributed by atoms with Crippen LogP contribution in [-0.4, -0.2) is 47.0 Å². The summed E-state index contributed by atoms with van der Waals surface area (Å²) in [5.74, 6) is 1.81. The normalized spacial score (nSPS) is 19.6. The van der Waals surface area contributed by atoms with E-state index in [9.17, 15) is 12.8 Å². The molecule has 1 N–H and O–H groups in total. The maximum absolute atomic E-state index is 14.7. The number of pyridine rings is 1. The van der Waals surface area contributed by atoms with Gasteiger partial charge in [0.1, 0.15) is 16.5 Å². The number of halogens is 2. The summed E-state index contributed by atoms with van der Waals surface area (Å²) in [4.78, 5) is 24.0. The van der Waals surface area contributed by atoms with Crippen molar-refractivity contribution in [3.8, 4) is 11.4 Å². The predicted molar refractivity (Wildman–Crippen MR) is 183 cm³/mol. The number of hydrogen-bond acceptors (Lipinski definition) is 10. The van der Waals surface area contributed by atoms with Crippen LogP contribution in [0.15, 0.2) is 58.9 Å². The summed E-state index contributed by atoms with van der Waals surface area (Å²) in [6, 6.07) is 11.8. The Balaban J connectivity index is 0.000000845. The molecule has 0 saturated heterocycles. The van der Waals surface area contributed by atoms with Gasteiger partial charge in [-0.05, 0) is 82.8 Å². The van der Waals surface area contributed by atoms with Crippen LogP contribution in [0.4, 0.5) is 10.2 Å². The molecular formula is C30H30FIN5O5PS2. The van der Waals surface area contributed by atoms with Gasteiger partial charge in [0.05, 0.1) is 47.9 Å². The minimum absolute atomic E-state index is 0.0399. The molecule has 3 aliphatic rings. The van der Waals surface area contributed by atoms with Crippen LogP contribution in [0.25, 0.3) is 32.6 Å². The van der Waals surface area contributed by atoms with Crippen molar-refractivity contribution in [2.75, 3.05) is 12.4 Å². The number of fused-ring (bicyclic) bond motifs is 5. The van der Waals surface area contributed by atoms with Crippen molar-refractivity contribution in [2.45, 2.75) is 49.6 Å². The molecule has 2 unspecified atom stereocenters. The molecule has 0 aliphatic heterocycles. The fourth-order valence-electron chi connectivity index (χ4n) is 6.40. The van der Waals surface area contributed by atoms with Crippen molar-refractivity contribution in [2.24, 2.45) is 11.8 Å². The van der Waals surface area contributed by atoms with E-state index < -0.39 is 15.8 Å². The first kappa shape index (κ1) is 32.2. The number of thiophene rings is 1. The monoisotopic (exact) mass is 781 g/mol. The molecule has 2 atom stereocenters. The molecule has 10 nitrogen and oxygen atoms in total. The minimum atomic E-state index is -4.11. The molecule has 0 spiro atoms. The highest BCUT2D eigenvalue weighted by Gasteiger charge is 2.36. The van der Waals surface area contributed by atoms with Gasteiger partial charge in [0.25, 0.3) is 16.5 Å². The smallest absolute Gasteiger partial charge is 0.292 e.